The first kappa shape index (κ1) is 11.1. The van der Waals surface area contributed by atoms with E-state index in [4.69, 9.17) is 10.2 Å². The van der Waals surface area contributed by atoms with Crippen LogP contribution in [0.5, 0.6) is 0 Å². The number of carbonyl (C=O) groups is 2. The van der Waals surface area contributed by atoms with Crippen LogP contribution < -0.4 is 5.32 Å². The van der Waals surface area contributed by atoms with Gasteiger partial charge in [0.15, 0.2) is 6.04 Å². The average molecular weight is 210 g/mol. The Labute approximate surface area is 85.6 Å². The van der Waals surface area contributed by atoms with Gasteiger partial charge in [-0.1, -0.05) is 0 Å². The highest BCUT2D eigenvalue weighted by atomic mass is 16.4. The normalized spacial score (nSPS) is 11.8. The molecule has 3 N–H and O–H groups in total. The number of pyridine rings is 1. The first-order valence-electron chi connectivity index (χ1n) is 4.19. The molecule has 1 atom stereocenters. The minimum atomic E-state index is -1.29. The van der Waals surface area contributed by atoms with E-state index in [1.807, 2.05) is 0 Å². The molecule has 0 saturated heterocycles. The number of nitrogens with zero attached hydrogens (tertiary/aromatic N) is 1. The molecule has 0 aromatic carbocycles. The summed E-state index contributed by atoms with van der Waals surface area (Å²) in [7, 11) is 0. The minimum absolute atomic E-state index is 0.247. The van der Waals surface area contributed by atoms with Crippen molar-refractivity contribution in [3.05, 3.63) is 30.1 Å². The third-order valence-corrected chi connectivity index (χ3v) is 1.71. The molecule has 0 aliphatic carbocycles. The van der Waals surface area contributed by atoms with Crippen LogP contribution in [0.2, 0.25) is 0 Å². The lowest BCUT2D eigenvalue weighted by Crippen LogP contribution is -2.43. The molecule has 0 radical (unpaired) electrons. The first-order chi connectivity index (χ1) is 7.15. The summed E-state index contributed by atoms with van der Waals surface area (Å²) in [5, 5.41) is 19.4. The molecule has 0 aliphatic rings. The van der Waals surface area contributed by atoms with E-state index in [1.54, 1.807) is 6.07 Å². The molecule has 6 nitrogen and oxygen atoms in total. The smallest absolute Gasteiger partial charge is 0.328 e. The van der Waals surface area contributed by atoms with Crippen molar-refractivity contribution in [2.24, 2.45) is 0 Å². The van der Waals surface area contributed by atoms with Crippen LogP contribution in [0.3, 0.4) is 0 Å². The Hall–Kier alpha value is -1.95. The Morgan fingerprint density at radius 3 is 2.73 bits per heavy atom. The summed E-state index contributed by atoms with van der Waals surface area (Å²) >= 11 is 0. The quantitative estimate of drug-likeness (QED) is 0.607. The van der Waals surface area contributed by atoms with Gasteiger partial charge in [-0.3, -0.25) is 9.78 Å². The van der Waals surface area contributed by atoms with Crippen molar-refractivity contribution in [2.75, 3.05) is 6.61 Å². The Bertz CT molecular complexity index is 352. The molecule has 0 spiro atoms. The maximum Gasteiger partial charge on any atom is 0.328 e. The molecule has 1 aromatic rings. The number of carbonyl (C=O) groups excluding carboxylic acids is 1. The van der Waals surface area contributed by atoms with Crippen molar-refractivity contribution >= 4 is 11.9 Å². The maximum absolute atomic E-state index is 11.4. The van der Waals surface area contributed by atoms with E-state index in [1.165, 1.54) is 18.5 Å². The van der Waals surface area contributed by atoms with Gasteiger partial charge < -0.3 is 15.5 Å². The van der Waals surface area contributed by atoms with Gasteiger partial charge in [0, 0.05) is 12.4 Å². The molecular formula is C9H10N2O4. The van der Waals surface area contributed by atoms with Gasteiger partial charge in [0.2, 0.25) is 0 Å². The predicted octanol–water partition coefficient (Wildman–Crippen LogP) is -0.743. The highest BCUT2D eigenvalue weighted by molar-refractivity contribution is 5.96. The van der Waals surface area contributed by atoms with E-state index in [0.717, 1.165) is 0 Å². The largest absolute Gasteiger partial charge is 0.480 e. The average Bonchev–Trinajstić information content (AvgIpc) is 2.26. The monoisotopic (exact) mass is 210 g/mol. The third kappa shape index (κ3) is 3.03. The molecule has 0 bridgehead atoms. The SMILES string of the molecule is O=C(N[C@@H](CO)C(=O)O)c1cccnc1. The van der Waals surface area contributed by atoms with E-state index in [2.05, 4.69) is 10.3 Å². The van der Waals surface area contributed by atoms with Crippen LogP contribution in [0.25, 0.3) is 0 Å². The summed E-state index contributed by atoms with van der Waals surface area (Å²) in [6, 6.07) is 1.76. The second kappa shape index (κ2) is 5.06. The summed E-state index contributed by atoms with van der Waals surface area (Å²) < 4.78 is 0. The number of hydrogen-bond acceptors (Lipinski definition) is 4. The number of aromatic nitrogens is 1. The molecule has 0 aliphatic heterocycles. The van der Waals surface area contributed by atoms with E-state index in [0.29, 0.717) is 0 Å². The van der Waals surface area contributed by atoms with Crippen molar-refractivity contribution in [1.82, 2.24) is 10.3 Å². The number of hydrogen-bond donors (Lipinski definition) is 3. The number of nitrogens with one attached hydrogen (secondary N) is 1. The molecule has 0 unspecified atom stereocenters. The summed E-state index contributed by atoms with van der Waals surface area (Å²) in [6.45, 7) is -0.651. The van der Waals surface area contributed by atoms with E-state index < -0.39 is 24.5 Å². The summed E-state index contributed by atoms with van der Waals surface area (Å²) in [4.78, 5) is 25.6. The Morgan fingerprint density at radius 2 is 2.27 bits per heavy atom. The number of aliphatic hydroxyl groups is 1. The molecule has 80 valence electrons. The second-order valence-electron chi connectivity index (χ2n) is 2.79. The van der Waals surface area contributed by atoms with Gasteiger partial charge in [0.05, 0.1) is 12.2 Å². The lowest BCUT2D eigenvalue weighted by atomic mass is 10.2. The predicted molar refractivity (Wildman–Crippen MR) is 50.2 cm³/mol. The minimum Gasteiger partial charge on any atom is -0.480 e. The highest BCUT2D eigenvalue weighted by Gasteiger charge is 2.19. The lowest BCUT2D eigenvalue weighted by Gasteiger charge is -2.10. The van der Waals surface area contributed by atoms with Crippen LogP contribution in [-0.2, 0) is 4.79 Å². The Kier molecular flexibility index (Phi) is 3.75. The van der Waals surface area contributed by atoms with Crippen molar-refractivity contribution in [3.63, 3.8) is 0 Å². The topological polar surface area (TPSA) is 99.5 Å². The van der Waals surface area contributed by atoms with Crippen LogP contribution >= 0.6 is 0 Å². The lowest BCUT2D eigenvalue weighted by molar-refractivity contribution is -0.140. The van der Waals surface area contributed by atoms with E-state index in [9.17, 15) is 9.59 Å². The standard InChI is InChI=1S/C9H10N2O4/c12-5-7(9(14)15)11-8(13)6-2-1-3-10-4-6/h1-4,7,12H,5H2,(H,11,13)(H,14,15)/t7-/m0/s1. The molecule has 6 heteroatoms. The third-order valence-electron chi connectivity index (χ3n) is 1.71. The zero-order valence-electron chi connectivity index (χ0n) is 7.75. The van der Waals surface area contributed by atoms with Crippen LogP contribution in [0, 0.1) is 0 Å². The van der Waals surface area contributed by atoms with Gasteiger partial charge in [-0.05, 0) is 12.1 Å². The van der Waals surface area contributed by atoms with Crippen molar-refractivity contribution < 1.29 is 19.8 Å². The first-order valence-corrected chi connectivity index (χ1v) is 4.19. The van der Waals surface area contributed by atoms with Crippen LogP contribution in [0.15, 0.2) is 24.5 Å². The number of carboxylic acid groups (broad SMARTS) is 1. The Morgan fingerprint density at radius 1 is 1.53 bits per heavy atom. The van der Waals surface area contributed by atoms with Gasteiger partial charge >= 0.3 is 5.97 Å². The highest BCUT2D eigenvalue weighted by Crippen LogP contribution is 1.96. The van der Waals surface area contributed by atoms with Gasteiger partial charge in [-0.2, -0.15) is 0 Å². The molecule has 1 rings (SSSR count). The van der Waals surface area contributed by atoms with E-state index in [-0.39, 0.29) is 5.56 Å². The maximum atomic E-state index is 11.4. The number of carboxylic acids is 1. The fourth-order valence-corrected chi connectivity index (χ4v) is 0.924. The zero-order chi connectivity index (χ0) is 11.3. The molecule has 1 amide bonds. The molecule has 1 heterocycles. The van der Waals surface area contributed by atoms with Crippen molar-refractivity contribution in [3.8, 4) is 0 Å². The van der Waals surface area contributed by atoms with Gasteiger partial charge in [0.25, 0.3) is 5.91 Å². The molecule has 15 heavy (non-hydrogen) atoms. The number of amides is 1. The number of rotatable bonds is 4. The summed E-state index contributed by atoms with van der Waals surface area (Å²) in [5.74, 6) is -1.86. The van der Waals surface area contributed by atoms with E-state index >= 15 is 0 Å². The summed E-state index contributed by atoms with van der Waals surface area (Å²) in [5.41, 5.74) is 0.247. The van der Waals surface area contributed by atoms with Crippen molar-refractivity contribution in [2.45, 2.75) is 6.04 Å². The fourth-order valence-electron chi connectivity index (χ4n) is 0.924. The van der Waals surface area contributed by atoms with Crippen LogP contribution in [-0.4, -0.2) is 39.7 Å². The van der Waals surface area contributed by atoms with Gasteiger partial charge in [-0.15, -0.1) is 0 Å². The van der Waals surface area contributed by atoms with Crippen molar-refractivity contribution in [1.29, 1.82) is 0 Å². The summed E-state index contributed by atoms with van der Waals surface area (Å²) in [6.07, 6.45) is 2.81. The second-order valence-corrected chi connectivity index (χ2v) is 2.79. The molecule has 1 aromatic heterocycles. The molecular weight excluding hydrogens is 200 g/mol. The van der Waals surface area contributed by atoms with Gasteiger partial charge in [-0.25, -0.2) is 4.79 Å². The number of aliphatic hydroxyl groups excluding tert-OH is 1. The fraction of sp³-hybridized carbons (Fsp3) is 0.222. The Balaban J connectivity index is 2.67. The van der Waals surface area contributed by atoms with Gasteiger partial charge in [0.1, 0.15) is 0 Å². The van der Waals surface area contributed by atoms with Crippen LogP contribution in [0.1, 0.15) is 10.4 Å². The molecule has 0 saturated carbocycles. The molecule has 0 fully saturated rings. The zero-order valence-corrected chi connectivity index (χ0v) is 7.75. The number of aliphatic carboxylic acids is 1. The van der Waals surface area contributed by atoms with Crippen LogP contribution in [0.4, 0.5) is 0 Å².